The van der Waals surface area contributed by atoms with Crippen LogP contribution < -0.4 is 15.8 Å². The number of anilines is 2. The topological polar surface area (TPSA) is 110 Å². The Labute approximate surface area is 101 Å². The van der Waals surface area contributed by atoms with E-state index in [9.17, 15) is 8.42 Å². The first kappa shape index (κ1) is 13.7. The average Bonchev–Trinajstić information content (AvgIpc) is 2.13. The molecule has 0 aliphatic carbocycles. The molecule has 8 heteroatoms. The van der Waals surface area contributed by atoms with Crippen LogP contribution in [-0.2, 0) is 10.0 Å². The van der Waals surface area contributed by atoms with Crippen molar-refractivity contribution in [3.8, 4) is 0 Å². The summed E-state index contributed by atoms with van der Waals surface area (Å²) in [6.07, 6.45) is 3.97. The lowest BCUT2D eigenvalue weighted by molar-refractivity contribution is 0.476. The van der Waals surface area contributed by atoms with Gasteiger partial charge in [-0.2, -0.15) is 0 Å². The van der Waals surface area contributed by atoms with Crippen LogP contribution in [-0.4, -0.2) is 36.7 Å². The minimum atomic E-state index is -3.25. The highest BCUT2D eigenvalue weighted by Gasteiger charge is 2.22. The number of rotatable bonds is 5. The molecule has 0 unspecified atom stereocenters. The fourth-order valence-electron chi connectivity index (χ4n) is 1.33. The van der Waals surface area contributed by atoms with E-state index in [1.54, 1.807) is 13.8 Å². The molecule has 1 heterocycles. The molecule has 0 saturated heterocycles. The zero-order valence-electron chi connectivity index (χ0n) is 10.1. The first-order chi connectivity index (χ1) is 7.70. The van der Waals surface area contributed by atoms with Crippen molar-refractivity contribution < 1.29 is 8.42 Å². The Kier molecular flexibility index (Phi) is 3.89. The molecule has 1 aromatic heterocycles. The van der Waals surface area contributed by atoms with Crippen LogP contribution >= 0.6 is 0 Å². The van der Waals surface area contributed by atoms with Gasteiger partial charge in [0.15, 0.2) is 5.82 Å². The van der Waals surface area contributed by atoms with E-state index in [4.69, 9.17) is 5.73 Å². The van der Waals surface area contributed by atoms with Crippen LogP contribution in [0.2, 0.25) is 0 Å². The Bertz CT molecular complexity index is 486. The number of nitrogens with two attached hydrogens (primary N) is 1. The lowest BCUT2D eigenvalue weighted by atomic mass is 10.1. The van der Waals surface area contributed by atoms with Crippen LogP contribution in [0.25, 0.3) is 0 Å². The molecule has 0 aromatic carbocycles. The average molecular weight is 259 g/mol. The van der Waals surface area contributed by atoms with Crippen molar-refractivity contribution in [3.63, 3.8) is 0 Å². The third-order valence-electron chi connectivity index (χ3n) is 1.90. The molecule has 17 heavy (non-hydrogen) atoms. The Morgan fingerprint density at radius 2 is 2.12 bits per heavy atom. The molecule has 0 amide bonds. The second kappa shape index (κ2) is 4.84. The van der Waals surface area contributed by atoms with Crippen LogP contribution in [0.15, 0.2) is 12.5 Å². The zero-order chi connectivity index (χ0) is 13.1. The second-order valence-corrected chi connectivity index (χ2v) is 6.19. The summed E-state index contributed by atoms with van der Waals surface area (Å²) < 4.78 is 24.8. The normalized spacial score (nSPS) is 12.4. The van der Waals surface area contributed by atoms with Gasteiger partial charge in [0.1, 0.15) is 6.33 Å². The molecular formula is C9H17N5O2S. The molecule has 4 N–H and O–H groups in total. The zero-order valence-corrected chi connectivity index (χ0v) is 10.9. The first-order valence-electron chi connectivity index (χ1n) is 4.98. The summed E-state index contributed by atoms with van der Waals surface area (Å²) in [7, 11) is -3.25. The SMILES string of the molecule is CC(C)(CNc1ncncc1N)NS(C)(=O)=O. The monoisotopic (exact) mass is 259 g/mol. The predicted molar refractivity (Wildman–Crippen MR) is 67.0 cm³/mol. The highest BCUT2D eigenvalue weighted by molar-refractivity contribution is 7.88. The van der Waals surface area contributed by atoms with E-state index in [2.05, 4.69) is 20.0 Å². The summed E-state index contributed by atoms with van der Waals surface area (Å²) in [5, 5.41) is 2.97. The molecule has 0 atom stereocenters. The van der Waals surface area contributed by atoms with Crippen molar-refractivity contribution in [3.05, 3.63) is 12.5 Å². The van der Waals surface area contributed by atoms with E-state index in [0.717, 1.165) is 6.26 Å². The van der Waals surface area contributed by atoms with Crippen LogP contribution in [0.1, 0.15) is 13.8 Å². The third-order valence-corrected chi connectivity index (χ3v) is 2.82. The smallest absolute Gasteiger partial charge is 0.209 e. The van der Waals surface area contributed by atoms with Crippen molar-refractivity contribution in [2.75, 3.05) is 23.9 Å². The van der Waals surface area contributed by atoms with Crippen molar-refractivity contribution in [2.45, 2.75) is 19.4 Å². The van der Waals surface area contributed by atoms with Crippen LogP contribution in [0, 0.1) is 0 Å². The molecular weight excluding hydrogens is 242 g/mol. The minimum Gasteiger partial charge on any atom is -0.394 e. The van der Waals surface area contributed by atoms with E-state index in [-0.39, 0.29) is 0 Å². The van der Waals surface area contributed by atoms with Crippen molar-refractivity contribution >= 4 is 21.5 Å². The van der Waals surface area contributed by atoms with E-state index >= 15 is 0 Å². The fraction of sp³-hybridized carbons (Fsp3) is 0.556. The Morgan fingerprint density at radius 1 is 1.47 bits per heavy atom. The van der Waals surface area contributed by atoms with Gasteiger partial charge in [0.05, 0.1) is 18.1 Å². The summed E-state index contributed by atoms with van der Waals surface area (Å²) in [6.45, 7) is 3.89. The van der Waals surface area contributed by atoms with Crippen LogP contribution in [0.4, 0.5) is 11.5 Å². The van der Waals surface area contributed by atoms with E-state index < -0.39 is 15.6 Å². The van der Waals surface area contributed by atoms with Gasteiger partial charge < -0.3 is 11.1 Å². The number of aromatic nitrogens is 2. The summed E-state index contributed by atoms with van der Waals surface area (Å²) in [6, 6.07) is 0. The van der Waals surface area contributed by atoms with E-state index in [1.165, 1.54) is 12.5 Å². The number of hydrogen-bond acceptors (Lipinski definition) is 6. The van der Waals surface area contributed by atoms with Crippen LogP contribution in [0.5, 0.6) is 0 Å². The molecule has 0 aliphatic rings. The quantitative estimate of drug-likeness (QED) is 0.675. The molecule has 0 radical (unpaired) electrons. The van der Waals surface area contributed by atoms with Gasteiger partial charge in [0.25, 0.3) is 0 Å². The number of hydrogen-bond donors (Lipinski definition) is 3. The van der Waals surface area contributed by atoms with E-state index in [1.807, 2.05) is 0 Å². The van der Waals surface area contributed by atoms with Crippen molar-refractivity contribution in [1.29, 1.82) is 0 Å². The van der Waals surface area contributed by atoms with Gasteiger partial charge in [-0.15, -0.1) is 0 Å². The Balaban J connectivity index is 2.65. The molecule has 1 aromatic rings. The molecule has 0 bridgehead atoms. The number of nitrogens with zero attached hydrogens (tertiary/aromatic N) is 2. The van der Waals surface area contributed by atoms with Crippen molar-refractivity contribution in [1.82, 2.24) is 14.7 Å². The molecule has 0 saturated carbocycles. The summed E-state index contributed by atoms with van der Waals surface area (Å²) in [4.78, 5) is 7.71. The molecule has 0 aliphatic heterocycles. The highest BCUT2D eigenvalue weighted by Crippen LogP contribution is 2.13. The van der Waals surface area contributed by atoms with Crippen LogP contribution in [0.3, 0.4) is 0 Å². The standard InChI is InChI=1S/C9H17N5O2S/c1-9(2,14-17(3,15)16)5-12-8-7(10)4-11-6-13-8/h4,6,14H,5,10H2,1-3H3,(H,11,12,13). The predicted octanol–water partition coefficient (Wildman–Crippen LogP) is -0.201. The van der Waals surface area contributed by atoms with Gasteiger partial charge in [-0.25, -0.2) is 23.1 Å². The molecule has 0 fully saturated rings. The van der Waals surface area contributed by atoms with Gasteiger partial charge in [-0.1, -0.05) is 0 Å². The van der Waals surface area contributed by atoms with Gasteiger partial charge >= 0.3 is 0 Å². The largest absolute Gasteiger partial charge is 0.394 e. The molecule has 0 spiro atoms. The highest BCUT2D eigenvalue weighted by atomic mass is 32.2. The van der Waals surface area contributed by atoms with E-state index in [0.29, 0.717) is 18.1 Å². The number of nitrogen functional groups attached to an aromatic ring is 1. The Morgan fingerprint density at radius 3 is 2.65 bits per heavy atom. The van der Waals surface area contributed by atoms with Gasteiger partial charge in [0.2, 0.25) is 10.0 Å². The summed E-state index contributed by atoms with van der Waals surface area (Å²) in [5.74, 6) is 0.489. The molecule has 7 nitrogen and oxygen atoms in total. The lowest BCUT2D eigenvalue weighted by Crippen LogP contribution is -2.47. The fourth-order valence-corrected chi connectivity index (χ4v) is 2.41. The number of nitrogens with one attached hydrogen (secondary N) is 2. The maximum atomic E-state index is 11.1. The first-order valence-corrected chi connectivity index (χ1v) is 6.87. The second-order valence-electron chi connectivity index (χ2n) is 4.44. The molecule has 96 valence electrons. The maximum Gasteiger partial charge on any atom is 0.209 e. The number of sulfonamides is 1. The maximum absolute atomic E-state index is 11.1. The van der Waals surface area contributed by atoms with Crippen molar-refractivity contribution in [2.24, 2.45) is 0 Å². The summed E-state index contributed by atoms with van der Waals surface area (Å²) in [5.41, 5.74) is 5.44. The third kappa shape index (κ3) is 4.96. The van der Waals surface area contributed by atoms with Gasteiger partial charge in [0, 0.05) is 12.1 Å². The summed E-state index contributed by atoms with van der Waals surface area (Å²) >= 11 is 0. The Hall–Kier alpha value is -1.41. The van der Waals surface area contributed by atoms with Gasteiger partial charge in [-0.05, 0) is 13.8 Å². The lowest BCUT2D eigenvalue weighted by Gasteiger charge is -2.25. The van der Waals surface area contributed by atoms with Gasteiger partial charge in [-0.3, -0.25) is 0 Å². The molecule has 1 rings (SSSR count). The minimum absolute atomic E-state index is 0.362.